The minimum atomic E-state index is -0.389. The molecule has 1 saturated heterocycles. The van der Waals surface area contributed by atoms with Crippen LogP contribution < -0.4 is 10.2 Å². The van der Waals surface area contributed by atoms with Gasteiger partial charge in [-0.1, -0.05) is 29.8 Å². The van der Waals surface area contributed by atoms with Crippen molar-refractivity contribution < 1.29 is 9.59 Å². The number of thiazole rings is 1. The monoisotopic (exact) mass is 454 g/mol. The van der Waals surface area contributed by atoms with Crippen molar-refractivity contribution in [2.75, 3.05) is 16.8 Å². The van der Waals surface area contributed by atoms with E-state index in [1.807, 2.05) is 73.0 Å². The Labute approximate surface area is 195 Å². The molecule has 1 aliphatic heterocycles. The largest absolute Gasteiger partial charge is 0.326 e. The summed E-state index contributed by atoms with van der Waals surface area (Å²) in [6, 6.07) is 19.3. The number of anilines is 2. The van der Waals surface area contributed by atoms with Gasteiger partial charge in [0.2, 0.25) is 11.8 Å². The molecule has 0 aliphatic carbocycles. The van der Waals surface area contributed by atoms with Crippen molar-refractivity contribution >= 4 is 34.5 Å². The van der Waals surface area contributed by atoms with E-state index < -0.39 is 0 Å². The zero-order chi connectivity index (χ0) is 22.8. The standard InChI is InChI=1S/C26H22N4O2S/c1-17-5-7-22(8-6-17)30-15-20(14-24(30)31)25(32)28-21-4-2-3-19(13-21)23-16-33-26(29-23)18-9-11-27-12-10-18/h2-13,16,20H,14-15H2,1H3,(H,28,32). The summed E-state index contributed by atoms with van der Waals surface area (Å²) < 4.78 is 0. The Hall–Kier alpha value is -3.84. The highest BCUT2D eigenvalue weighted by molar-refractivity contribution is 7.13. The maximum absolute atomic E-state index is 12.9. The number of hydrogen-bond acceptors (Lipinski definition) is 5. The second kappa shape index (κ2) is 8.96. The van der Waals surface area contributed by atoms with Gasteiger partial charge in [-0.05, 0) is 43.3 Å². The molecule has 1 N–H and O–H groups in total. The van der Waals surface area contributed by atoms with E-state index in [1.165, 1.54) is 0 Å². The van der Waals surface area contributed by atoms with Crippen molar-refractivity contribution in [1.82, 2.24) is 9.97 Å². The van der Waals surface area contributed by atoms with E-state index in [9.17, 15) is 9.59 Å². The SMILES string of the molecule is Cc1ccc(N2CC(C(=O)Nc3cccc(-c4csc(-c5ccncc5)n4)c3)CC2=O)cc1. The second-order valence-electron chi connectivity index (χ2n) is 8.08. The quantitative estimate of drug-likeness (QED) is 0.451. The average molecular weight is 455 g/mol. The van der Waals surface area contributed by atoms with Crippen LogP contribution in [-0.4, -0.2) is 28.3 Å². The Kier molecular flexibility index (Phi) is 5.71. The zero-order valence-electron chi connectivity index (χ0n) is 18.1. The molecule has 1 aliphatic rings. The number of aromatic nitrogens is 2. The molecule has 0 spiro atoms. The molecular formula is C26H22N4O2S. The molecule has 7 heteroatoms. The van der Waals surface area contributed by atoms with E-state index in [2.05, 4.69) is 10.3 Å². The predicted octanol–water partition coefficient (Wildman–Crippen LogP) is 5.17. The molecular weight excluding hydrogens is 432 g/mol. The molecule has 2 amide bonds. The van der Waals surface area contributed by atoms with Crippen molar-refractivity contribution in [3.63, 3.8) is 0 Å². The van der Waals surface area contributed by atoms with E-state index in [0.717, 1.165) is 33.1 Å². The summed E-state index contributed by atoms with van der Waals surface area (Å²) in [6.45, 7) is 2.39. The maximum atomic E-state index is 12.9. The first kappa shape index (κ1) is 21.0. The number of rotatable bonds is 5. The minimum Gasteiger partial charge on any atom is -0.326 e. The average Bonchev–Trinajstić information content (AvgIpc) is 3.48. The molecule has 4 aromatic rings. The smallest absolute Gasteiger partial charge is 0.229 e. The summed E-state index contributed by atoms with van der Waals surface area (Å²) in [7, 11) is 0. The third kappa shape index (κ3) is 4.54. The van der Waals surface area contributed by atoms with Crippen LogP contribution in [-0.2, 0) is 9.59 Å². The van der Waals surface area contributed by atoms with Crippen molar-refractivity contribution in [1.29, 1.82) is 0 Å². The fourth-order valence-corrected chi connectivity index (χ4v) is 4.73. The number of hydrogen-bond donors (Lipinski definition) is 1. The third-order valence-corrected chi connectivity index (χ3v) is 6.59. The van der Waals surface area contributed by atoms with Gasteiger partial charge < -0.3 is 10.2 Å². The number of carbonyl (C=O) groups excluding carboxylic acids is 2. The highest BCUT2D eigenvalue weighted by Crippen LogP contribution is 2.30. The highest BCUT2D eigenvalue weighted by Gasteiger charge is 2.35. The number of carbonyl (C=O) groups is 2. The Morgan fingerprint density at radius 2 is 1.85 bits per heavy atom. The summed E-state index contributed by atoms with van der Waals surface area (Å²) in [5.41, 5.74) is 5.45. The molecule has 1 fully saturated rings. The van der Waals surface area contributed by atoms with Crippen LogP contribution in [0.2, 0.25) is 0 Å². The van der Waals surface area contributed by atoms with Crippen LogP contribution in [0.5, 0.6) is 0 Å². The summed E-state index contributed by atoms with van der Waals surface area (Å²) in [6.07, 6.45) is 3.71. The van der Waals surface area contributed by atoms with Gasteiger partial charge in [-0.25, -0.2) is 4.98 Å². The van der Waals surface area contributed by atoms with E-state index >= 15 is 0 Å². The van der Waals surface area contributed by atoms with Gasteiger partial charge >= 0.3 is 0 Å². The zero-order valence-corrected chi connectivity index (χ0v) is 18.9. The van der Waals surface area contributed by atoms with Crippen molar-refractivity contribution in [3.05, 3.63) is 84.0 Å². The number of benzene rings is 2. The van der Waals surface area contributed by atoms with Gasteiger partial charge in [-0.15, -0.1) is 11.3 Å². The first-order chi connectivity index (χ1) is 16.1. The van der Waals surface area contributed by atoms with Crippen molar-refractivity contribution in [2.24, 2.45) is 5.92 Å². The summed E-state index contributed by atoms with van der Waals surface area (Å²) in [4.78, 5) is 35.9. The highest BCUT2D eigenvalue weighted by atomic mass is 32.1. The molecule has 5 rings (SSSR count). The van der Waals surface area contributed by atoms with E-state index in [0.29, 0.717) is 12.2 Å². The summed E-state index contributed by atoms with van der Waals surface area (Å²) in [5.74, 6) is -0.565. The predicted molar refractivity (Wildman–Crippen MR) is 131 cm³/mol. The minimum absolute atomic E-state index is 0.0288. The van der Waals surface area contributed by atoms with Gasteiger partial charge in [0.15, 0.2) is 0 Å². The van der Waals surface area contributed by atoms with Crippen LogP contribution in [0.1, 0.15) is 12.0 Å². The molecule has 33 heavy (non-hydrogen) atoms. The van der Waals surface area contributed by atoms with Gasteiger partial charge in [-0.3, -0.25) is 14.6 Å². The number of nitrogens with zero attached hydrogens (tertiary/aromatic N) is 3. The maximum Gasteiger partial charge on any atom is 0.229 e. The van der Waals surface area contributed by atoms with Gasteiger partial charge in [0.05, 0.1) is 11.6 Å². The fourth-order valence-electron chi connectivity index (χ4n) is 3.89. The first-order valence-electron chi connectivity index (χ1n) is 10.7. The van der Waals surface area contributed by atoms with Gasteiger partial charge in [0.1, 0.15) is 5.01 Å². The Morgan fingerprint density at radius 1 is 1.06 bits per heavy atom. The van der Waals surface area contributed by atoms with E-state index in [4.69, 9.17) is 4.98 Å². The van der Waals surface area contributed by atoms with Crippen LogP contribution in [0, 0.1) is 12.8 Å². The number of aryl methyl sites for hydroxylation is 1. The molecule has 0 bridgehead atoms. The van der Waals surface area contributed by atoms with Gasteiger partial charge in [-0.2, -0.15) is 0 Å². The Bertz CT molecular complexity index is 1300. The fraction of sp³-hybridized carbons (Fsp3) is 0.154. The lowest BCUT2D eigenvalue weighted by Gasteiger charge is -2.17. The summed E-state index contributed by atoms with van der Waals surface area (Å²) in [5, 5.41) is 5.91. The van der Waals surface area contributed by atoms with Crippen molar-refractivity contribution in [3.8, 4) is 21.8 Å². The molecule has 2 aromatic carbocycles. The normalized spacial score (nSPS) is 15.6. The van der Waals surface area contributed by atoms with Crippen molar-refractivity contribution in [2.45, 2.75) is 13.3 Å². The molecule has 1 atom stereocenters. The van der Waals surface area contributed by atoms with Crippen LogP contribution in [0.4, 0.5) is 11.4 Å². The van der Waals surface area contributed by atoms with Gasteiger partial charge in [0, 0.05) is 53.2 Å². The molecule has 0 saturated carbocycles. The molecule has 2 aromatic heterocycles. The topological polar surface area (TPSA) is 75.2 Å². The van der Waals surface area contributed by atoms with Crippen LogP contribution >= 0.6 is 11.3 Å². The van der Waals surface area contributed by atoms with E-state index in [1.54, 1.807) is 28.6 Å². The lowest BCUT2D eigenvalue weighted by molar-refractivity contribution is -0.122. The number of amides is 2. The molecule has 6 nitrogen and oxygen atoms in total. The van der Waals surface area contributed by atoms with Crippen LogP contribution in [0.25, 0.3) is 21.8 Å². The second-order valence-corrected chi connectivity index (χ2v) is 8.94. The third-order valence-electron chi connectivity index (χ3n) is 5.70. The molecule has 1 unspecified atom stereocenters. The lowest BCUT2D eigenvalue weighted by atomic mass is 10.1. The Morgan fingerprint density at radius 3 is 2.64 bits per heavy atom. The van der Waals surface area contributed by atoms with E-state index in [-0.39, 0.29) is 24.2 Å². The summed E-state index contributed by atoms with van der Waals surface area (Å²) >= 11 is 1.57. The van der Waals surface area contributed by atoms with Gasteiger partial charge in [0.25, 0.3) is 0 Å². The Balaban J connectivity index is 1.28. The molecule has 0 radical (unpaired) electrons. The molecule has 3 heterocycles. The van der Waals surface area contributed by atoms with Crippen LogP contribution in [0.3, 0.4) is 0 Å². The molecule has 164 valence electrons. The first-order valence-corrected chi connectivity index (χ1v) is 11.6. The number of pyridine rings is 1. The lowest BCUT2D eigenvalue weighted by Crippen LogP contribution is -2.28. The number of nitrogens with one attached hydrogen (secondary N) is 1. The van der Waals surface area contributed by atoms with Crippen LogP contribution in [0.15, 0.2) is 78.4 Å².